The van der Waals surface area contributed by atoms with Gasteiger partial charge in [0.25, 0.3) is 0 Å². The maximum Gasteiger partial charge on any atom is 0.152 e. The third-order valence-electron chi connectivity index (χ3n) is 4.25. The summed E-state index contributed by atoms with van der Waals surface area (Å²) >= 11 is 0. The summed E-state index contributed by atoms with van der Waals surface area (Å²) in [5.74, 6) is 0. The molecule has 1 rings (SSSR count). The quantitative estimate of drug-likeness (QED) is 0.703. The van der Waals surface area contributed by atoms with Crippen molar-refractivity contribution in [3.63, 3.8) is 0 Å². The molecule has 0 aromatic heterocycles. The van der Waals surface area contributed by atoms with Crippen LogP contribution < -0.4 is 0 Å². The smallest absolute Gasteiger partial charge is 0.152 e. The lowest BCUT2D eigenvalue weighted by Gasteiger charge is -2.31. The summed E-state index contributed by atoms with van der Waals surface area (Å²) in [6.45, 7) is 13.0. The largest absolute Gasteiger partial charge is 0.427 e. The van der Waals surface area contributed by atoms with E-state index in [0.717, 1.165) is 6.61 Å². The predicted octanol–water partition coefficient (Wildman–Crippen LogP) is 2.92. The lowest BCUT2D eigenvalue weighted by atomic mass is 9.81. The molecule has 1 aliphatic rings. The summed E-state index contributed by atoms with van der Waals surface area (Å²) in [6, 6.07) is 1.51. The van der Waals surface area contributed by atoms with Crippen LogP contribution in [0.15, 0.2) is 10.8 Å². The van der Waals surface area contributed by atoms with Crippen molar-refractivity contribution in [3.05, 3.63) is 10.8 Å². The summed E-state index contributed by atoms with van der Waals surface area (Å²) in [4.78, 5) is 0. The van der Waals surface area contributed by atoms with Crippen molar-refractivity contribution >= 4 is 17.6 Å². The molecular formula is C13H28OSi2. The molecule has 16 heavy (non-hydrogen) atoms. The Balaban J connectivity index is 2.76. The minimum absolute atomic E-state index is 0.159. The second kappa shape index (κ2) is 6.17. The molecule has 0 amide bonds. The lowest BCUT2D eigenvalue weighted by molar-refractivity contribution is 0.335. The Labute approximate surface area is 105 Å². The second-order valence-corrected chi connectivity index (χ2v) is 13.4. The molecule has 94 valence electrons. The fourth-order valence-electron chi connectivity index (χ4n) is 2.73. The van der Waals surface area contributed by atoms with Gasteiger partial charge in [0.2, 0.25) is 0 Å². The number of allylic oxidation sites excluding steroid dienone is 2. The first kappa shape index (κ1) is 14.2. The molecule has 0 aromatic carbocycles. The van der Waals surface area contributed by atoms with E-state index >= 15 is 0 Å². The Morgan fingerprint density at radius 2 is 2.06 bits per heavy atom. The van der Waals surface area contributed by atoms with E-state index in [1.54, 1.807) is 10.8 Å². The maximum absolute atomic E-state index is 5.79. The van der Waals surface area contributed by atoms with Crippen molar-refractivity contribution in [3.8, 4) is 0 Å². The van der Waals surface area contributed by atoms with E-state index in [1.165, 1.54) is 25.3 Å². The van der Waals surface area contributed by atoms with Crippen LogP contribution in [0, 0.1) is 5.41 Å². The molecule has 0 aliphatic carbocycles. The van der Waals surface area contributed by atoms with Gasteiger partial charge in [-0.1, -0.05) is 44.0 Å². The summed E-state index contributed by atoms with van der Waals surface area (Å²) in [6.07, 6.45) is 3.93. The van der Waals surface area contributed by atoms with E-state index in [4.69, 9.17) is 4.43 Å². The Hall–Kier alpha value is 0.134. The molecule has 1 saturated heterocycles. The minimum Gasteiger partial charge on any atom is -0.427 e. The molecule has 1 fully saturated rings. The lowest BCUT2D eigenvalue weighted by Crippen LogP contribution is -2.33. The molecule has 0 aromatic rings. The molecule has 1 heterocycles. The molecule has 1 nitrogen and oxygen atoms in total. The Morgan fingerprint density at radius 3 is 2.56 bits per heavy atom. The van der Waals surface area contributed by atoms with E-state index in [9.17, 15) is 0 Å². The highest BCUT2D eigenvalue weighted by atomic mass is 29.2. The van der Waals surface area contributed by atoms with Gasteiger partial charge >= 0.3 is 0 Å². The Morgan fingerprint density at radius 1 is 1.38 bits per heavy atom. The SMILES string of the molecule is CCCC(C)(C)C(C)=C(C)[SiH]1CCCO[SiH2]1. The summed E-state index contributed by atoms with van der Waals surface area (Å²) in [5, 5.41) is 1.78. The van der Waals surface area contributed by atoms with Gasteiger partial charge in [-0.05, 0) is 32.1 Å². The van der Waals surface area contributed by atoms with Crippen LogP contribution in [0.5, 0.6) is 0 Å². The third-order valence-corrected chi connectivity index (χ3v) is 12.9. The summed E-state index contributed by atoms with van der Waals surface area (Å²) in [5.41, 5.74) is 2.10. The molecule has 1 atom stereocenters. The fraction of sp³-hybridized carbons (Fsp3) is 0.846. The van der Waals surface area contributed by atoms with E-state index in [0.29, 0.717) is 5.41 Å². The molecule has 3 heteroatoms. The summed E-state index contributed by atoms with van der Waals surface area (Å²) in [7, 11) is -0.765. The number of hydrogen-bond donors (Lipinski definition) is 0. The fourth-order valence-corrected chi connectivity index (χ4v) is 10.3. The molecule has 1 aliphatic heterocycles. The van der Waals surface area contributed by atoms with Gasteiger partial charge in [0.05, 0.1) is 8.31 Å². The number of rotatable bonds is 4. The van der Waals surface area contributed by atoms with Crippen molar-refractivity contribution in [1.29, 1.82) is 0 Å². The van der Waals surface area contributed by atoms with Gasteiger partial charge < -0.3 is 4.43 Å². The zero-order valence-electron chi connectivity index (χ0n) is 11.7. The number of hydrogen-bond acceptors (Lipinski definition) is 1. The molecule has 0 saturated carbocycles. The third kappa shape index (κ3) is 3.57. The van der Waals surface area contributed by atoms with Crippen LogP contribution in [-0.2, 0) is 4.43 Å². The maximum atomic E-state index is 5.79. The monoisotopic (exact) mass is 256 g/mol. The van der Waals surface area contributed by atoms with Gasteiger partial charge in [-0.25, -0.2) is 0 Å². The van der Waals surface area contributed by atoms with Crippen molar-refractivity contribution in [2.24, 2.45) is 5.41 Å². The Bertz CT molecular complexity index is 253. The standard InChI is InChI=1S/C13H28OSi2/c1-6-8-13(4,5)11(2)12(3)16-10-7-9-14-15-16/h16H,6-10,15H2,1-5H3. The van der Waals surface area contributed by atoms with Gasteiger partial charge in [-0.3, -0.25) is 0 Å². The van der Waals surface area contributed by atoms with Crippen molar-refractivity contribution < 1.29 is 4.43 Å². The van der Waals surface area contributed by atoms with E-state index < -0.39 is 8.31 Å². The highest BCUT2D eigenvalue weighted by Crippen LogP contribution is 2.34. The van der Waals surface area contributed by atoms with E-state index in [1.807, 2.05) is 0 Å². The topological polar surface area (TPSA) is 9.23 Å². The van der Waals surface area contributed by atoms with Crippen LogP contribution in [-0.4, -0.2) is 24.2 Å². The van der Waals surface area contributed by atoms with Crippen molar-refractivity contribution in [2.75, 3.05) is 6.61 Å². The first-order valence-electron chi connectivity index (χ1n) is 6.74. The molecular weight excluding hydrogens is 228 g/mol. The van der Waals surface area contributed by atoms with Crippen LogP contribution in [0.4, 0.5) is 0 Å². The minimum atomic E-state index is -0.607. The second-order valence-electron chi connectivity index (χ2n) is 5.86. The molecule has 1 unspecified atom stereocenters. The van der Waals surface area contributed by atoms with Gasteiger partial charge in [-0.2, -0.15) is 0 Å². The first-order valence-corrected chi connectivity index (χ1v) is 12.0. The van der Waals surface area contributed by atoms with Gasteiger partial charge in [-0.15, -0.1) is 0 Å². The van der Waals surface area contributed by atoms with Gasteiger partial charge in [0, 0.05) is 6.61 Å². The van der Waals surface area contributed by atoms with E-state index in [2.05, 4.69) is 34.6 Å². The first-order chi connectivity index (χ1) is 7.49. The van der Waals surface area contributed by atoms with Crippen LogP contribution in [0.2, 0.25) is 6.04 Å². The van der Waals surface area contributed by atoms with Gasteiger partial charge in [0.1, 0.15) is 0 Å². The highest BCUT2D eigenvalue weighted by Gasteiger charge is 2.26. The molecule has 0 radical (unpaired) electrons. The average Bonchev–Trinajstić information content (AvgIpc) is 2.28. The zero-order valence-corrected chi connectivity index (χ0v) is 14.3. The molecule has 0 bridgehead atoms. The van der Waals surface area contributed by atoms with Crippen LogP contribution in [0.1, 0.15) is 53.9 Å². The average molecular weight is 257 g/mol. The predicted molar refractivity (Wildman–Crippen MR) is 78.1 cm³/mol. The van der Waals surface area contributed by atoms with Gasteiger partial charge in [0.15, 0.2) is 9.28 Å². The van der Waals surface area contributed by atoms with Crippen LogP contribution in [0.3, 0.4) is 0 Å². The normalized spacial score (nSPS) is 25.7. The van der Waals surface area contributed by atoms with Crippen LogP contribution >= 0.6 is 0 Å². The van der Waals surface area contributed by atoms with Crippen molar-refractivity contribution in [2.45, 2.75) is 59.9 Å². The Kier molecular flexibility index (Phi) is 5.48. The summed E-state index contributed by atoms with van der Waals surface area (Å²) < 4.78 is 5.79. The molecule has 0 N–H and O–H groups in total. The highest BCUT2D eigenvalue weighted by molar-refractivity contribution is 7.13. The van der Waals surface area contributed by atoms with E-state index in [-0.39, 0.29) is 9.28 Å². The molecule has 0 spiro atoms. The van der Waals surface area contributed by atoms with Crippen LogP contribution in [0.25, 0.3) is 0 Å². The zero-order chi connectivity index (χ0) is 12.2. The van der Waals surface area contributed by atoms with Crippen molar-refractivity contribution in [1.82, 2.24) is 0 Å².